The van der Waals surface area contributed by atoms with Crippen molar-refractivity contribution in [3.63, 3.8) is 0 Å². The van der Waals surface area contributed by atoms with Crippen molar-refractivity contribution in [3.8, 4) is 6.07 Å². The van der Waals surface area contributed by atoms with Crippen LogP contribution in [0.4, 0.5) is 0 Å². The molecule has 0 saturated heterocycles. The molecule has 0 aliphatic carbocycles. The van der Waals surface area contributed by atoms with Gasteiger partial charge in [0.2, 0.25) is 0 Å². The van der Waals surface area contributed by atoms with E-state index in [1.54, 1.807) is 0 Å². The van der Waals surface area contributed by atoms with E-state index in [2.05, 4.69) is 5.10 Å². The predicted molar refractivity (Wildman–Crippen MR) is 57.6 cm³/mol. The van der Waals surface area contributed by atoms with Crippen molar-refractivity contribution in [2.45, 2.75) is 40.2 Å². The van der Waals surface area contributed by atoms with Gasteiger partial charge in [0.1, 0.15) is 11.6 Å². The molecule has 4 nitrogen and oxygen atoms in total. The third kappa shape index (κ3) is 1.91. The molecule has 0 aliphatic rings. The summed E-state index contributed by atoms with van der Waals surface area (Å²) in [5.41, 5.74) is 1.64. The molecule has 15 heavy (non-hydrogen) atoms. The van der Waals surface area contributed by atoms with Gasteiger partial charge in [0.25, 0.3) is 5.56 Å². The summed E-state index contributed by atoms with van der Waals surface area (Å²) in [5, 5.41) is 13.2. The summed E-state index contributed by atoms with van der Waals surface area (Å²) < 4.78 is 1.36. The van der Waals surface area contributed by atoms with Crippen molar-refractivity contribution in [3.05, 3.63) is 27.2 Å². The summed E-state index contributed by atoms with van der Waals surface area (Å²) in [4.78, 5) is 11.8. The van der Waals surface area contributed by atoms with Crippen LogP contribution in [-0.4, -0.2) is 9.78 Å². The molecule has 0 amide bonds. The second-order valence-corrected chi connectivity index (χ2v) is 3.24. The Morgan fingerprint density at radius 2 is 2.00 bits per heavy atom. The van der Waals surface area contributed by atoms with Gasteiger partial charge in [-0.05, 0) is 25.3 Å². The highest BCUT2D eigenvalue weighted by atomic mass is 16.1. The number of aryl methyl sites for hydroxylation is 2. The van der Waals surface area contributed by atoms with Gasteiger partial charge in [-0.3, -0.25) is 4.79 Å². The first-order valence-electron chi connectivity index (χ1n) is 5.22. The molecule has 4 heteroatoms. The number of hydrogen-bond acceptors (Lipinski definition) is 3. The average Bonchev–Trinajstić information content (AvgIpc) is 2.28. The minimum absolute atomic E-state index is 0.256. The lowest BCUT2D eigenvalue weighted by molar-refractivity contribution is 0.591. The summed E-state index contributed by atoms with van der Waals surface area (Å²) in [5.74, 6) is 0. The van der Waals surface area contributed by atoms with E-state index < -0.39 is 0 Å². The zero-order chi connectivity index (χ0) is 11.4. The van der Waals surface area contributed by atoms with Crippen LogP contribution in [0.3, 0.4) is 0 Å². The van der Waals surface area contributed by atoms with E-state index in [-0.39, 0.29) is 11.1 Å². The van der Waals surface area contributed by atoms with Crippen LogP contribution in [0.1, 0.15) is 37.6 Å². The van der Waals surface area contributed by atoms with E-state index >= 15 is 0 Å². The first kappa shape index (κ1) is 11.4. The first-order valence-corrected chi connectivity index (χ1v) is 5.22. The van der Waals surface area contributed by atoms with Crippen molar-refractivity contribution in [1.82, 2.24) is 9.78 Å². The van der Waals surface area contributed by atoms with Gasteiger partial charge in [0.15, 0.2) is 0 Å². The number of hydrogen-bond donors (Lipinski definition) is 0. The third-order valence-electron chi connectivity index (χ3n) is 2.44. The molecule has 0 saturated carbocycles. The molecule has 1 heterocycles. The monoisotopic (exact) mass is 205 g/mol. The molecule has 0 atom stereocenters. The van der Waals surface area contributed by atoms with Crippen LogP contribution >= 0.6 is 0 Å². The maximum Gasteiger partial charge on any atom is 0.284 e. The van der Waals surface area contributed by atoms with Crippen molar-refractivity contribution in [1.29, 1.82) is 5.26 Å². The topological polar surface area (TPSA) is 58.7 Å². The highest BCUT2D eigenvalue weighted by Crippen LogP contribution is 2.09. The van der Waals surface area contributed by atoms with Crippen molar-refractivity contribution >= 4 is 0 Å². The van der Waals surface area contributed by atoms with Crippen LogP contribution < -0.4 is 5.56 Å². The Morgan fingerprint density at radius 1 is 1.33 bits per heavy atom. The Bertz CT molecular complexity index is 454. The number of nitriles is 1. The predicted octanol–water partition coefficient (Wildman–Crippen LogP) is 1.26. The highest BCUT2D eigenvalue weighted by Gasteiger charge is 2.13. The second kappa shape index (κ2) is 4.74. The SMILES string of the molecule is CCc1nn(CC)c(=O)c(C#N)c1CC. The summed E-state index contributed by atoms with van der Waals surface area (Å²) >= 11 is 0. The summed E-state index contributed by atoms with van der Waals surface area (Å²) in [6, 6.07) is 1.99. The van der Waals surface area contributed by atoms with E-state index in [9.17, 15) is 4.79 Å². The molecule has 80 valence electrons. The molecular weight excluding hydrogens is 190 g/mol. The highest BCUT2D eigenvalue weighted by molar-refractivity contribution is 5.37. The van der Waals surface area contributed by atoms with Crippen LogP contribution in [0, 0.1) is 11.3 Å². The average molecular weight is 205 g/mol. The van der Waals surface area contributed by atoms with Crippen molar-refractivity contribution in [2.24, 2.45) is 0 Å². The van der Waals surface area contributed by atoms with Gasteiger partial charge < -0.3 is 0 Å². The number of aromatic nitrogens is 2. The van der Waals surface area contributed by atoms with E-state index in [1.165, 1.54) is 4.68 Å². The number of nitrogens with zero attached hydrogens (tertiary/aromatic N) is 3. The van der Waals surface area contributed by atoms with E-state index in [0.29, 0.717) is 13.0 Å². The van der Waals surface area contributed by atoms with E-state index in [1.807, 2.05) is 26.8 Å². The summed E-state index contributed by atoms with van der Waals surface area (Å²) in [6.07, 6.45) is 1.43. The largest absolute Gasteiger partial charge is 0.284 e. The molecule has 0 fully saturated rings. The first-order chi connectivity index (χ1) is 7.19. The molecular formula is C11H15N3O. The fourth-order valence-electron chi connectivity index (χ4n) is 1.65. The minimum Gasteiger partial charge on any atom is -0.266 e. The summed E-state index contributed by atoms with van der Waals surface area (Å²) in [6.45, 7) is 6.27. The molecule has 1 aromatic rings. The molecule has 0 spiro atoms. The molecule has 0 N–H and O–H groups in total. The maximum atomic E-state index is 11.8. The lowest BCUT2D eigenvalue weighted by atomic mass is 10.0. The van der Waals surface area contributed by atoms with Crippen LogP contribution in [0.2, 0.25) is 0 Å². The quantitative estimate of drug-likeness (QED) is 0.746. The van der Waals surface area contributed by atoms with Gasteiger partial charge in [-0.25, -0.2) is 4.68 Å². The van der Waals surface area contributed by atoms with Crippen LogP contribution in [0.5, 0.6) is 0 Å². The van der Waals surface area contributed by atoms with Crippen molar-refractivity contribution in [2.75, 3.05) is 0 Å². The van der Waals surface area contributed by atoms with Gasteiger partial charge in [0.05, 0.1) is 5.69 Å². The lowest BCUT2D eigenvalue weighted by Gasteiger charge is -2.09. The fraction of sp³-hybridized carbons (Fsp3) is 0.545. The normalized spacial score (nSPS) is 10.0. The van der Waals surface area contributed by atoms with Crippen LogP contribution in [-0.2, 0) is 19.4 Å². The Labute approximate surface area is 89.2 Å². The molecule has 0 aromatic carbocycles. The minimum atomic E-state index is -0.269. The molecule has 0 aliphatic heterocycles. The number of rotatable bonds is 3. The maximum absolute atomic E-state index is 11.8. The van der Waals surface area contributed by atoms with Crippen LogP contribution in [0.25, 0.3) is 0 Å². The second-order valence-electron chi connectivity index (χ2n) is 3.24. The zero-order valence-electron chi connectivity index (χ0n) is 9.37. The van der Waals surface area contributed by atoms with E-state index in [0.717, 1.165) is 17.7 Å². The Morgan fingerprint density at radius 3 is 2.40 bits per heavy atom. The molecule has 0 unspecified atom stereocenters. The van der Waals surface area contributed by atoms with E-state index in [4.69, 9.17) is 5.26 Å². The van der Waals surface area contributed by atoms with Crippen molar-refractivity contribution < 1.29 is 0 Å². The zero-order valence-corrected chi connectivity index (χ0v) is 9.37. The van der Waals surface area contributed by atoms with Gasteiger partial charge in [0, 0.05) is 6.54 Å². The summed E-state index contributed by atoms with van der Waals surface area (Å²) in [7, 11) is 0. The fourth-order valence-corrected chi connectivity index (χ4v) is 1.65. The smallest absolute Gasteiger partial charge is 0.266 e. The lowest BCUT2D eigenvalue weighted by Crippen LogP contribution is -2.28. The third-order valence-corrected chi connectivity index (χ3v) is 2.44. The Hall–Kier alpha value is -1.63. The molecule has 0 bridgehead atoms. The van der Waals surface area contributed by atoms with Gasteiger partial charge in [-0.2, -0.15) is 10.4 Å². The van der Waals surface area contributed by atoms with Gasteiger partial charge in [-0.15, -0.1) is 0 Å². The van der Waals surface area contributed by atoms with Crippen LogP contribution in [0.15, 0.2) is 4.79 Å². The Kier molecular flexibility index (Phi) is 3.62. The standard InChI is InChI=1S/C11H15N3O/c1-4-8-9(7-12)11(15)14(6-3)13-10(8)5-2/h4-6H2,1-3H3. The molecule has 0 radical (unpaired) electrons. The molecule has 1 aromatic heterocycles. The van der Waals surface area contributed by atoms with Gasteiger partial charge >= 0.3 is 0 Å². The molecule has 1 rings (SSSR count). The Balaban J connectivity index is 3.60. The van der Waals surface area contributed by atoms with Gasteiger partial charge in [-0.1, -0.05) is 13.8 Å².